The quantitative estimate of drug-likeness (QED) is 0.506. The molecule has 13 heavy (non-hydrogen) atoms. The van der Waals surface area contributed by atoms with Crippen LogP contribution in [0.3, 0.4) is 0 Å². The fourth-order valence-electron chi connectivity index (χ4n) is 1.86. The molecule has 1 atom stereocenters. The highest BCUT2D eigenvalue weighted by Gasteiger charge is 2.17. The molecule has 0 amide bonds. The Morgan fingerprint density at radius 2 is 2.15 bits per heavy atom. The summed E-state index contributed by atoms with van der Waals surface area (Å²) in [5, 5.41) is 7.28. The molecule has 0 aromatic rings. The van der Waals surface area contributed by atoms with Crippen LogP contribution in [-0.2, 0) is 4.74 Å². The Bertz CT molecular complexity index is 164. The molecular formula is C10H20N2O. The van der Waals surface area contributed by atoms with Crippen LogP contribution in [0.4, 0.5) is 0 Å². The van der Waals surface area contributed by atoms with Crippen LogP contribution >= 0.6 is 0 Å². The van der Waals surface area contributed by atoms with Gasteiger partial charge in [0.25, 0.3) is 0 Å². The van der Waals surface area contributed by atoms with E-state index in [0.29, 0.717) is 5.92 Å². The summed E-state index contributed by atoms with van der Waals surface area (Å²) in [7, 11) is 0. The van der Waals surface area contributed by atoms with Crippen molar-refractivity contribution < 1.29 is 4.74 Å². The zero-order valence-corrected chi connectivity index (χ0v) is 8.38. The van der Waals surface area contributed by atoms with Gasteiger partial charge in [0.05, 0.1) is 6.61 Å². The summed E-state index contributed by atoms with van der Waals surface area (Å²) < 4.78 is 5.59. The van der Waals surface area contributed by atoms with Gasteiger partial charge in [-0.3, -0.25) is 5.41 Å². The van der Waals surface area contributed by atoms with Crippen LogP contribution in [0.15, 0.2) is 0 Å². The average molecular weight is 184 g/mol. The Morgan fingerprint density at radius 1 is 1.54 bits per heavy atom. The SMILES string of the molecule is CCC(OCC1CCCC1)C(=N)N. The fourth-order valence-corrected chi connectivity index (χ4v) is 1.86. The van der Waals surface area contributed by atoms with E-state index < -0.39 is 0 Å². The number of nitrogens with two attached hydrogens (primary N) is 1. The second kappa shape index (κ2) is 5.22. The summed E-state index contributed by atoms with van der Waals surface area (Å²) in [6.07, 6.45) is 5.90. The molecule has 0 spiro atoms. The second-order valence-corrected chi connectivity index (χ2v) is 3.84. The number of nitrogens with one attached hydrogen (secondary N) is 1. The van der Waals surface area contributed by atoms with E-state index in [1.807, 2.05) is 6.92 Å². The molecule has 1 fully saturated rings. The van der Waals surface area contributed by atoms with Crippen LogP contribution in [0.1, 0.15) is 39.0 Å². The van der Waals surface area contributed by atoms with Crippen LogP contribution in [-0.4, -0.2) is 18.5 Å². The number of hydrogen-bond donors (Lipinski definition) is 2. The Morgan fingerprint density at radius 3 is 2.62 bits per heavy atom. The van der Waals surface area contributed by atoms with E-state index in [4.69, 9.17) is 15.9 Å². The molecular weight excluding hydrogens is 164 g/mol. The van der Waals surface area contributed by atoms with Crippen molar-refractivity contribution in [2.24, 2.45) is 11.7 Å². The molecule has 0 radical (unpaired) electrons. The third kappa shape index (κ3) is 3.35. The van der Waals surface area contributed by atoms with Crippen LogP contribution in [0.5, 0.6) is 0 Å². The monoisotopic (exact) mass is 184 g/mol. The van der Waals surface area contributed by atoms with Crippen LogP contribution < -0.4 is 5.73 Å². The van der Waals surface area contributed by atoms with Gasteiger partial charge in [-0.25, -0.2) is 0 Å². The molecule has 3 N–H and O–H groups in total. The third-order valence-corrected chi connectivity index (χ3v) is 2.73. The lowest BCUT2D eigenvalue weighted by molar-refractivity contribution is 0.0663. The van der Waals surface area contributed by atoms with Crippen molar-refractivity contribution in [1.29, 1.82) is 5.41 Å². The lowest BCUT2D eigenvalue weighted by Crippen LogP contribution is -2.31. The van der Waals surface area contributed by atoms with Gasteiger partial charge in [-0.15, -0.1) is 0 Å². The first-order valence-electron chi connectivity index (χ1n) is 5.19. The molecule has 3 nitrogen and oxygen atoms in total. The first kappa shape index (κ1) is 10.5. The van der Waals surface area contributed by atoms with Crippen LogP contribution in [0.25, 0.3) is 0 Å². The van der Waals surface area contributed by atoms with E-state index in [-0.39, 0.29) is 11.9 Å². The second-order valence-electron chi connectivity index (χ2n) is 3.84. The van der Waals surface area contributed by atoms with Gasteiger partial charge in [-0.05, 0) is 25.2 Å². The minimum atomic E-state index is -0.152. The zero-order chi connectivity index (χ0) is 9.68. The predicted molar refractivity (Wildman–Crippen MR) is 53.9 cm³/mol. The van der Waals surface area contributed by atoms with Crippen molar-refractivity contribution in [3.8, 4) is 0 Å². The molecule has 3 heteroatoms. The highest BCUT2D eigenvalue weighted by Crippen LogP contribution is 2.25. The van der Waals surface area contributed by atoms with E-state index in [0.717, 1.165) is 13.0 Å². The number of amidine groups is 1. The summed E-state index contributed by atoms with van der Waals surface area (Å²) in [6.45, 7) is 2.79. The average Bonchev–Trinajstić information content (AvgIpc) is 2.57. The molecule has 0 aliphatic heterocycles. The van der Waals surface area contributed by atoms with E-state index in [1.54, 1.807) is 0 Å². The standard InChI is InChI=1S/C10H20N2O/c1-2-9(10(11)12)13-7-8-5-3-4-6-8/h8-9H,2-7H2,1H3,(H3,11,12). The van der Waals surface area contributed by atoms with Gasteiger partial charge < -0.3 is 10.5 Å². The fraction of sp³-hybridized carbons (Fsp3) is 0.900. The van der Waals surface area contributed by atoms with Crippen molar-refractivity contribution in [3.05, 3.63) is 0 Å². The van der Waals surface area contributed by atoms with Gasteiger partial charge in [-0.1, -0.05) is 19.8 Å². The van der Waals surface area contributed by atoms with Crippen molar-refractivity contribution in [3.63, 3.8) is 0 Å². The van der Waals surface area contributed by atoms with Crippen molar-refractivity contribution in [2.45, 2.75) is 45.1 Å². The molecule has 1 rings (SSSR count). The molecule has 0 heterocycles. The van der Waals surface area contributed by atoms with Gasteiger partial charge in [0.2, 0.25) is 0 Å². The van der Waals surface area contributed by atoms with E-state index in [2.05, 4.69) is 0 Å². The van der Waals surface area contributed by atoms with Gasteiger partial charge in [0, 0.05) is 0 Å². The number of rotatable bonds is 5. The topological polar surface area (TPSA) is 59.1 Å². The highest BCUT2D eigenvalue weighted by atomic mass is 16.5. The van der Waals surface area contributed by atoms with Crippen LogP contribution in [0, 0.1) is 11.3 Å². The van der Waals surface area contributed by atoms with Gasteiger partial charge in [0.1, 0.15) is 11.9 Å². The normalized spacial score (nSPS) is 20.4. The van der Waals surface area contributed by atoms with Crippen molar-refractivity contribution in [1.82, 2.24) is 0 Å². The molecule has 1 aliphatic carbocycles. The summed E-state index contributed by atoms with van der Waals surface area (Å²) in [4.78, 5) is 0. The molecule has 0 saturated heterocycles. The van der Waals surface area contributed by atoms with E-state index in [1.165, 1.54) is 25.7 Å². The Balaban J connectivity index is 2.18. The summed E-state index contributed by atoms with van der Waals surface area (Å²) in [5.41, 5.74) is 5.39. The summed E-state index contributed by atoms with van der Waals surface area (Å²) in [6, 6.07) is 0. The largest absolute Gasteiger partial charge is 0.385 e. The maximum absolute atomic E-state index is 7.28. The molecule has 0 aromatic heterocycles. The van der Waals surface area contributed by atoms with E-state index >= 15 is 0 Å². The first-order valence-corrected chi connectivity index (χ1v) is 5.19. The van der Waals surface area contributed by atoms with Gasteiger partial charge in [0.15, 0.2) is 0 Å². The lowest BCUT2D eigenvalue weighted by atomic mass is 10.1. The van der Waals surface area contributed by atoms with Crippen molar-refractivity contribution in [2.75, 3.05) is 6.61 Å². The Hall–Kier alpha value is -0.570. The molecule has 1 unspecified atom stereocenters. The zero-order valence-electron chi connectivity index (χ0n) is 8.38. The summed E-state index contributed by atoms with van der Waals surface area (Å²) >= 11 is 0. The highest BCUT2D eigenvalue weighted by molar-refractivity contribution is 5.81. The molecule has 1 aliphatic rings. The lowest BCUT2D eigenvalue weighted by Gasteiger charge is -2.17. The Kier molecular flexibility index (Phi) is 4.22. The maximum Gasteiger partial charge on any atom is 0.120 e. The van der Waals surface area contributed by atoms with Gasteiger partial charge in [-0.2, -0.15) is 0 Å². The first-order chi connectivity index (χ1) is 6.24. The van der Waals surface area contributed by atoms with Gasteiger partial charge >= 0.3 is 0 Å². The number of ether oxygens (including phenoxy) is 1. The smallest absolute Gasteiger partial charge is 0.120 e. The molecule has 76 valence electrons. The minimum absolute atomic E-state index is 0.152. The maximum atomic E-state index is 7.28. The predicted octanol–water partition coefficient (Wildman–Crippen LogP) is 1.91. The molecule has 0 bridgehead atoms. The van der Waals surface area contributed by atoms with E-state index in [9.17, 15) is 0 Å². The number of hydrogen-bond acceptors (Lipinski definition) is 2. The molecule has 0 aromatic carbocycles. The summed E-state index contributed by atoms with van der Waals surface area (Å²) in [5.74, 6) is 0.883. The Labute approximate surface area is 80.2 Å². The minimum Gasteiger partial charge on any atom is -0.385 e. The third-order valence-electron chi connectivity index (χ3n) is 2.73. The van der Waals surface area contributed by atoms with Crippen LogP contribution in [0.2, 0.25) is 0 Å². The molecule has 1 saturated carbocycles. The van der Waals surface area contributed by atoms with Crippen molar-refractivity contribution >= 4 is 5.84 Å².